The van der Waals surface area contributed by atoms with Gasteiger partial charge in [-0.15, -0.1) is 0 Å². The number of benzene rings is 1. The predicted molar refractivity (Wildman–Crippen MR) is 58.6 cm³/mol. The number of rotatable bonds is 3. The minimum absolute atomic E-state index is 0.0531. The van der Waals surface area contributed by atoms with Crippen LogP contribution in [0.5, 0.6) is 0 Å². The second kappa shape index (κ2) is 4.70. The fourth-order valence-electron chi connectivity index (χ4n) is 1.36. The molecule has 4 heteroatoms. The van der Waals surface area contributed by atoms with E-state index < -0.39 is 0 Å². The molecule has 1 amide bonds. The Bertz CT molecular complexity index is 400. The van der Waals surface area contributed by atoms with Crippen LogP contribution in [0.1, 0.15) is 29.8 Å². The van der Waals surface area contributed by atoms with Crippen LogP contribution in [0.15, 0.2) is 18.2 Å². The van der Waals surface area contributed by atoms with Gasteiger partial charge in [-0.2, -0.15) is 0 Å². The highest BCUT2D eigenvalue weighted by molar-refractivity contribution is 5.98. The second-order valence-corrected chi connectivity index (χ2v) is 3.31. The lowest BCUT2D eigenvalue weighted by molar-refractivity contribution is -0.114. The Morgan fingerprint density at radius 1 is 1.33 bits per heavy atom. The van der Waals surface area contributed by atoms with E-state index in [0.717, 1.165) is 5.56 Å². The van der Waals surface area contributed by atoms with Gasteiger partial charge in [-0.1, -0.05) is 6.07 Å². The highest BCUT2D eigenvalue weighted by Gasteiger charge is 2.07. The van der Waals surface area contributed by atoms with Crippen LogP contribution in [-0.2, 0) is 11.3 Å². The molecule has 0 heterocycles. The van der Waals surface area contributed by atoms with Gasteiger partial charge in [0.25, 0.3) is 0 Å². The van der Waals surface area contributed by atoms with E-state index in [9.17, 15) is 9.59 Å². The molecular weight excluding hydrogens is 192 g/mol. The summed E-state index contributed by atoms with van der Waals surface area (Å²) in [5.74, 6) is -0.215. The van der Waals surface area contributed by atoms with Crippen LogP contribution < -0.4 is 11.1 Å². The van der Waals surface area contributed by atoms with Crippen molar-refractivity contribution in [3.05, 3.63) is 29.3 Å². The van der Waals surface area contributed by atoms with Gasteiger partial charge < -0.3 is 11.1 Å². The van der Waals surface area contributed by atoms with Crippen LogP contribution in [0.4, 0.5) is 5.69 Å². The first-order valence-corrected chi connectivity index (χ1v) is 4.66. The van der Waals surface area contributed by atoms with Gasteiger partial charge in [-0.05, 0) is 24.6 Å². The maximum Gasteiger partial charge on any atom is 0.221 e. The van der Waals surface area contributed by atoms with Crippen molar-refractivity contribution in [3.63, 3.8) is 0 Å². The molecule has 0 bridgehead atoms. The Morgan fingerprint density at radius 2 is 2.00 bits per heavy atom. The van der Waals surface area contributed by atoms with Gasteiger partial charge in [-0.25, -0.2) is 0 Å². The number of nitrogens with one attached hydrogen (secondary N) is 1. The zero-order valence-corrected chi connectivity index (χ0v) is 8.83. The summed E-state index contributed by atoms with van der Waals surface area (Å²) in [7, 11) is 0. The monoisotopic (exact) mass is 206 g/mol. The highest BCUT2D eigenvalue weighted by Crippen LogP contribution is 2.16. The number of anilines is 1. The molecule has 0 unspecified atom stereocenters. The Morgan fingerprint density at radius 3 is 2.47 bits per heavy atom. The molecule has 1 aromatic rings. The van der Waals surface area contributed by atoms with Gasteiger partial charge in [0.15, 0.2) is 5.78 Å². The fraction of sp³-hybridized carbons (Fsp3) is 0.273. The van der Waals surface area contributed by atoms with Crippen molar-refractivity contribution in [1.82, 2.24) is 0 Å². The molecule has 0 atom stereocenters. The molecule has 0 saturated carbocycles. The van der Waals surface area contributed by atoms with Crippen LogP contribution in [0.3, 0.4) is 0 Å². The quantitative estimate of drug-likeness (QED) is 0.732. The third-order valence-corrected chi connectivity index (χ3v) is 2.03. The van der Waals surface area contributed by atoms with Crippen molar-refractivity contribution in [1.29, 1.82) is 0 Å². The first-order valence-electron chi connectivity index (χ1n) is 4.66. The molecular formula is C11H14N2O2. The summed E-state index contributed by atoms with van der Waals surface area (Å²) in [5, 5.41) is 2.62. The van der Waals surface area contributed by atoms with E-state index >= 15 is 0 Å². The van der Waals surface area contributed by atoms with E-state index in [1.807, 2.05) is 0 Å². The number of hydrogen-bond acceptors (Lipinski definition) is 3. The minimum Gasteiger partial charge on any atom is -0.326 e. The number of carbonyl (C=O) groups is 2. The van der Waals surface area contributed by atoms with Gasteiger partial charge in [0.2, 0.25) is 5.91 Å². The average Bonchev–Trinajstić information content (AvgIpc) is 2.16. The van der Waals surface area contributed by atoms with E-state index in [1.165, 1.54) is 13.8 Å². The first kappa shape index (κ1) is 11.4. The Balaban J connectivity index is 3.10. The summed E-state index contributed by atoms with van der Waals surface area (Å²) in [5.41, 5.74) is 7.46. The van der Waals surface area contributed by atoms with E-state index in [-0.39, 0.29) is 11.7 Å². The topological polar surface area (TPSA) is 72.2 Å². The van der Waals surface area contributed by atoms with Crippen molar-refractivity contribution < 1.29 is 9.59 Å². The summed E-state index contributed by atoms with van der Waals surface area (Å²) >= 11 is 0. The van der Waals surface area contributed by atoms with Crippen molar-refractivity contribution >= 4 is 17.4 Å². The lowest BCUT2D eigenvalue weighted by Crippen LogP contribution is -2.09. The minimum atomic E-state index is -0.162. The third-order valence-electron chi connectivity index (χ3n) is 2.03. The van der Waals surface area contributed by atoms with E-state index in [0.29, 0.717) is 17.8 Å². The molecule has 0 fully saturated rings. The molecule has 0 aliphatic carbocycles. The standard InChI is InChI=1S/C11H14N2O2/c1-7(14)11-5-10(13-8(2)15)4-3-9(11)6-12/h3-5H,6,12H2,1-2H3,(H,13,15). The molecule has 4 nitrogen and oxygen atoms in total. The molecule has 0 aliphatic rings. The van der Waals surface area contributed by atoms with Crippen LogP contribution in [0.2, 0.25) is 0 Å². The molecule has 0 aliphatic heterocycles. The molecule has 0 saturated heterocycles. The zero-order valence-electron chi connectivity index (χ0n) is 8.83. The summed E-state index contributed by atoms with van der Waals surface area (Å²) < 4.78 is 0. The molecule has 80 valence electrons. The largest absolute Gasteiger partial charge is 0.326 e. The highest BCUT2D eigenvalue weighted by atomic mass is 16.1. The number of nitrogens with two attached hydrogens (primary N) is 1. The molecule has 3 N–H and O–H groups in total. The van der Waals surface area contributed by atoms with Crippen molar-refractivity contribution in [2.24, 2.45) is 5.73 Å². The lowest BCUT2D eigenvalue weighted by atomic mass is 10.0. The van der Waals surface area contributed by atoms with Gasteiger partial charge in [0.1, 0.15) is 0 Å². The Hall–Kier alpha value is -1.68. The number of ketones is 1. The predicted octanol–water partition coefficient (Wildman–Crippen LogP) is 1.31. The van der Waals surface area contributed by atoms with Crippen LogP contribution >= 0.6 is 0 Å². The maximum atomic E-state index is 11.3. The zero-order chi connectivity index (χ0) is 11.4. The number of carbonyl (C=O) groups excluding carboxylic acids is 2. The van der Waals surface area contributed by atoms with E-state index in [2.05, 4.69) is 5.32 Å². The smallest absolute Gasteiger partial charge is 0.221 e. The molecule has 15 heavy (non-hydrogen) atoms. The number of amides is 1. The Kier molecular flexibility index (Phi) is 3.57. The molecule has 0 spiro atoms. The van der Waals surface area contributed by atoms with Gasteiger partial charge >= 0.3 is 0 Å². The summed E-state index contributed by atoms with van der Waals surface area (Å²) in [6, 6.07) is 5.13. The average molecular weight is 206 g/mol. The second-order valence-electron chi connectivity index (χ2n) is 3.31. The van der Waals surface area contributed by atoms with Gasteiger partial charge in [0.05, 0.1) is 0 Å². The van der Waals surface area contributed by atoms with Crippen molar-refractivity contribution in [3.8, 4) is 0 Å². The number of hydrogen-bond donors (Lipinski definition) is 2. The molecule has 0 aromatic heterocycles. The molecule has 0 radical (unpaired) electrons. The van der Waals surface area contributed by atoms with Crippen LogP contribution in [-0.4, -0.2) is 11.7 Å². The van der Waals surface area contributed by atoms with E-state index in [1.54, 1.807) is 18.2 Å². The maximum absolute atomic E-state index is 11.3. The lowest BCUT2D eigenvalue weighted by Gasteiger charge is -2.08. The van der Waals surface area contributed by atoms with Crippen molar-refractivity contribution in [2.75, 3.05) is 5.32 Å². The van der Waals surface area contributed by atoms with Crippen LogP contribution in [0.25, 0.3) is 0 Å². The summed E-state index contributed by atoms with van der Waals surface area (Å²) in [4.78, 5) is 22.1. The van der Waals surface area contributed by atoms with E-state index in [4.69, 9.17) is 5.73 Å². The SMILES string of the molecule is CC(=O)Nc1ccc(CN)c(C(C)=O)c1. The van der Waals surface area contributed by atoms with Gasteiger partial charge in [-0.3, -0.25) is 9.59 Å². The Labute approximate surface area is 88.5 Å². The fourth-order valence-corrected chi connectivity index (χ4v) is 1.36. The van der Waals surface area contributed by atoms with Gasteiger partial charge in [0, 0.05) is 24.7 Å². The molecule has 1 aromatic carbocycles. The van der Waals surface area contributed by atoms with Crippen LogP contribution in [0, 0.1) is 0 Å². The van der Waals surface area contributed by atoms with Crippen molar-refractivity contribution in [2.45, 2.75) is 20.4 Å². The molecule has 1 rings (SSSR count). The normalized spacial score (nSPS) is 9.80. The first-order chi connectivity index (χ1) is 7.04. The number of Topliss-reactive ketones (excluding diaryl/α,β-unsaturated/α-hetero) is 1. The summed E-state index contributed by atoms with van der Waals surface area (Å²) in [6.45, 7) is 3.21. The third kappa shape index (κ3) is 2.89. The summed E-state index contributed by atoms with van der Waals surface area (Å²) in [6.07, 6.45) is 0.